The summed E-state index contributed by atoms with van der Waals surface area (Å²) in [5, 5.41) is 4.31. The number of aryl methyl sites for hydroxylation is 1. The van der Waals surface area contributed by atoms with E-state index in [1.54, 1.807) is 24.3 Å². The number of hydrogen-bond acceptors (Lipinski definition) is 5. The van der Waals surface area contributed by atoms with Gasteiger partial charge in [0.2, 0.25) is 21.7 Å². The molecule has 0 fully saturated rings. The third kappa shape index (κ3) is 4.45. The molecule has 8 heteroatoms. The molecule has 0 unspecified atom stereocenters. The first-order valence-electron chi connectivity index (χ1n) is 7.54. The van der Waals surface area contributed by atoms with E-state index >= 15 is 0 Å². The van der Waals surface area contributed by atoms with Gasteiger partial charge in [-0.2, -0.15) is 4.98 Å². The molecule has 1 aromatic heterocycles. The van der Waals surface area contributed by atoms with Crippen molar-refractivity contribution in [3.05, 3.63) is 70.6 Å². The standard InChI is InChI=1S/C17H16ClN3O3S/c1-12-6-2-4-8-14(12)17-20-16(24-21-17)10-19-25(22,23)11-13-7-3-5-9-15(13)18/h2-9,19H,10-11H2,1H3. The molecule has 0 radical (unpaired) electrons. The second-order valence-corrected chi connectivity index (χ2v) is 7.71. The van der Waals surface area contributed by atoms with Crippen molar-refractivity contribution in [2.24, 2.45) is 0 Å². The molecule has 2 aromatic carbocycles. The van der Waals surface area contributed by atoms with E-state index in [0.717, 1.165) is 11.1 Å². The van der Waals surface area contributed by atoms with Gasteiger partial charge < -0.3 is 4.52 Å². The summed E-state index contributed by atoms with van der Waals surface area (Å²) in [4.78, 5) is 4.24. The van der Waals surface area contributed by atoms with Crippen LogP contribution in [0, 0.1) is 6.92 Å². The molecule has 130 valence electrons. The number of rotatable bonds is 6. The first-order valence-corrected chi connectivity index (χ1v) is 9.57. The van der Waals surface area contributed by atoms with Crippen molar-refractivity contribution in [3.63, 3.8) is 0 Å². The first kappa shape index (κ1) is 17.6. The van der Waals surface area contributed by atoms with E-state index in [2.05, 4.69) is 14.9 Å². The van der Waals surface area contributed by atoms with Crippen molar-refractivity contribution >= 4 is 21.6 Å². The third-order valence-corrected chi connectivity index (χ3v) is 5.24. The molecule has 0 amide bonds. The fourth-order valence-electron chi connectivity index (χ4n) is 2.30. The van der Waals surface area contributed by atoms with Gasteiger partial charge >= 0.3 is 0 Å². The van der Waals surface area contributed by atoms with E-state index in [1.807, 2.05) is 31.2 Å². The molecule has 0 aliphatic heterocycles. The van der Waals surface area contributed by atoms with E-state index in [-0.39, 0.29) is 18.2 Å². The minimum absolute atomic E-state index is 0.0777. The predicted octanol–water partition coefficient (Wildman–Crippen LogP) is 3.32. The van der Waals surface area contributed by atoms with Crippen LogP contribution in [0.4, 0.5) is 0 Å². The van der Waals surface area contributed by atoms with Gasteiger partial charge in [0.1, 0.15) is 0 Å². The number of benzene rings is 2. The maximum absolute atomic E-state index is 12.2. The first-order chi connectivity index (χ1) is 11.9. The maximum Gasteiger partial charge on any atom is 0.242 e. The highest BCUT2D eigenvalue weighted by atomic mass is 35.5. The second kappa shape index (κ2) is 7.35. The van der Waals surface area contributed by atoms with Gasteiger partial charge in [-0.15, -0.1) is 0 Å². The normalized spacial score (nSPS) is 11.6. The Morgan fingerprint density at radius 3 is 2.60 bits per heavy atom. The molecule has 0 saturated carbocycles. The van der Waals surface area contributed by atoms with Crippen molar-refractivity contribution in [1.29, 1.82) is 0 Å². The Bertz CT molecular complexity index is 986. The van der Waals surface area contributed by atoms with Crippen molar-refractivity contribution < 1.29 is 12.9 Å². The third-order valence-electron chi connectivity index (χ3n) is 3.60. The minimum atomic E-state index is -3.58. The number of sulfonamides is 1. The van der Waals surface area contributed by atoms with E-state index < -0.39 is 10.0 Å². The van der Waals surface area contributed by atoms with Crippen LogP contribution in [0.25, 0.3) is 11.4 Å². The van der Waals surface area contributed by atoms with Crippen LogP contribution in [0.1, 0.15) is 17.0 Å². The SMILES string of the molecule is Cc1ccccc1-c1noc(CNS(=O)(=O)Cc2ccccc2Cl)n1. The van der Waals surface area contributed by atoms with E-state index in [9.17, 15) is 8.42 Å². The average Bonchev–Trinajstić information content (AvgIpc) is 3.04. The molecule has 25 heavy (non-hydrogen) atoms. The van der Waals surface area contributed by atoms with Gasteiger partial charge in [-0.25, -0.2) is 13.1 Å². The lowest BCUT2D eigenvalue weighted by Gasteiger charge is -2.06. The maximum atomic E-state index is 12.2. The summed E-state index contributed by atoms with van der Waals surface area (Å²) in [7, 11) is -3.58. The van der Waals surface area contributed by atoms with Crippen LogP contribution in [0.5, 0.6) is 0 Å². The van der Waals surface area contributed by atoms with Crippen molar-refractivity contribution in [2.75, 3.05) is 0 Å². The summed E-state index contributed by atoms with van der Waals surface area (Å²) >= 11 is 6.00. The summed E-state index contributed by atoms with van der Waals surface area (Å²) in [5.41, 5.74) is 2.38. The molecule has 3 aromatic rings. The van der Waals surface area contributed by atoms with Crippen LogP contribution in [0.2, 0.25) is 5.02 Å². The van der Waals surface area contributed by atoms with Crippen LogP contribution in [-0.2, 0) is 22.3 Å². The lowest BCUT2D eigenvalue weighted by atomic mass is 10.1. The molecular weight excluding hydrogens is 362 g/mol. The van der Waals surface area contributed by atoms with Crippen LogP contribution in [0.3, 0.4) is 0 Å². The molecule has 0 atom stereocenters. The van der Waals surface area contributed by atoms with Gasteiger partial charge in [0.25, 0.3) is 0 Å². The van der Waals surface area contributed by atoms with Gasteiger partial charge in [-0.3, -0.25) is 0 Å². The number of nitrogens with one attached hydrogen (secondary N) is 1. The Morgan fingerprint density at radius 2 is 1.84 bits per heavy atom. The summed E-state index contributed by atoms with van der Waals surface area (Å²) in [6, 6.07) is 14.4. The molecule has 1 N–H and O–H groups in total. The molecule has 6 nitrogen and oxygen atoms in total. The van der Waals surface area contributed by atoms with Crippen molar-refractivity contribution in [3.8, 4) is 11.4 Å². The molecule has 1 heterocycles. The molecule has 3 rings (SSSR count). The smallest absolute Gasteiger partial charge is 0.242 e. The number of halogens is 1. The fourth-order valence-corrected chi connectivity index (χ4v) is 3.69. The zero-order valence-corrected chi connectivity index (χ0v) is 15.0. The van der Waals surface area contributed by atoms with E-state index in [0.29, 0.717) is 16.4 Å². The molecular formula is C17H16ClN3O3S. The quantitative estimate of drug-likeness (QED) is 0.712. The van der Waals surface area contributed by atoms with Gasteiger partial charge in [0, 0.05) is 10.6 Å². The van der Waals surface area contributed by atoms with E-state index in [4.69, 9.17) is 16.1 Å². The Kier molecular flexibility index (Phi) is 5.17. The van der Waals surface area contributed by atoms with E-state index in [1.165, 1.54) is 0 Å². The highest BCUT2D eigenvalue weighted by Crippen LogP contribution is 2.20. The van der Waals surface area contributed by atoms with Gasteiger partial charge in [0.15, 0.2) is 0 Å². The second-order valence-electron chi connectivity index (χ2n) is 5.50. The Morgan fingerprint density at radius 1 is 1.12 bits per heavy atom. The average molecular weight is 378 g/mol. The molecule has 0 spiro atoms. The summed E-state index contributed by atoms with van der Waals surface area (Å²) in [6.07, 6.45) is 0. The van der Waals surface area contributed by atoms with Gasteiger partial charge in [-0.05, 0) is 24.1 Å². The lowest BCUT2D eigenvalue weighted by molar-refractivity contribution is 0.376. The summed E-state index contributed by atoms with van der Waals surface area (Å²) in [6.45, 7) is 1.86. The van der Waals surface area contributed by atoms with Gasteiger partial charge in [0.05, 0.1) is 12.3 Å². The highest BCUT2D eigenvalue weighted by molar-refractivity contribution is 7.88. The molecule has 0 aliphatic rings. The lowest BCUT2D eigenvalue weighted by Crippen LogP contribution is -2.25. The summed E-state index contributed by atoms with van der Waals surface area (Å²) in [5.74, 6) is 0.408. The largest absolute Gasteiger partial charge is 0.338 e. The topological polar surface area (TPSA) is 85.1 Å². The van der Waals surface area contributed by atoms with Crippen LogP contribution in [0.15, 0.2) is 53.1 Å². The Balaban J connectivity index is 1.68. The van der Waals surface area contributed by atoms with Gasteiger partial charge in [-0.1, -0.05) is 59.2 Å². The number of nitrogens with zero attached hydrogens (tertiary/aromatic N) is 2. The van der Waals surface area contributed by atoms with Crippen molar-refractivity contribution in [2.45, 2.75) is 19.2 Å². The Labute approximate surface area is 150 Å². The minimum Gasteiger partial charge on any atom is -0.338 e. The monoisotopic (exact) mass is 377 g/mol. The van der Waals surface area contributed by atoms with Crippen LogP contribution < -0.4 is 4.72 Å². The predicted molar refractivity (Wildman–Crippen MR) is 95.4 cm³/mol. The van der Waals surface area contributed by atoms with Crippen LogP contribution >= 0.6 is 11.6 Å². The highest BCUT2D eigenvalue weighted by Gasteiger charge is 2.16. The Hall–Kier alpha value is -2.22. The number of hydrogen-bond donors (Lipinski definition) is 1. The van der Waals surface area contributed by atoms with Crippen LogP contribution in [-0.4, -0.2) is 18.6 Å². The zero-order chi connectivity index (χ0) is 17.9. The molecule has 0 bridgehead atoms. The summed E-state index contributed by atoms with van der Waals surface area (Å²) < 4.78 is 32.0. The fraction of sp³-hybridized carbons (Fsp3) is 0.176. The zero-order valence-electron chi connectivity index (χ0n) is 13.4. The number of aromatic nitrogens is 2. The molecule has 0 aliphatic carbocycles. The van der Waals surface area contributed by atoms with Crippen molar-refractivity contribution in [1.82, 2.24) is 14.9 Å². The molecule has 0 saturated heterocycles.